The highest BCUT2D eigenvalue weighted by molar-refractivity contribution is 5.73. The molecule has 0 saturated carbocycles. The van der Waals surface area contributed by atoms with Crippen LogP contribution in [0.4, 0.5) is 0 Å². The summed E-state index contributed by atoms with van der Waals surface area (Å²) in [4.78, 5) is 13.4. The zero-order valence-electron chi connectivity index (χ0n) is 10.2. The highest BCUT2D eigenvalue weighted by Gasteiger charge is 2.31. The zero-order chi connectivity index (χ0) is 12.3. The first-order valence-corrected chi connectivity index (χ1v) is 6.23. The maximum atomic E-state index is 11.3. The van der Waals surface area contributed by atoms with E-state index in [1.54, 1.807) is 0 Å². The molecule has 1 aliphatic heterocycles. The molecule has 1 aromatic carbocycles. The van der Waals surface area contributed by atoms with Gasteiger partial charge in [-0.1, -0.05) is 36.8 Å². The average molecular weight is 233 g/mol. The number of carbonyl (C=O) groups is 1. The Morgan fingerprint density at radius 2 is 2.06 bits per heavy atom. The van der Waals surface area contributed by atoms with E-state index in [-0.39, 0.29) is 12.1 Å². The van der Waals surface area contributed by atoms with E-state index in [9.17, 15) is 9.90 Å². The minimum Gasteiger partial charge on any atom is -0.480 e. The Kier molecular flexibility index (Phi) is 3.79. The lowest BCUT2D eigenvalue weighted by molar-refractivity contribution is -0.145. The number of carboxylic acid groups (broad SMARTS) is 1. The molecule has 0 spiro atoms. The van der Waals surface area contributed by atoms with Gasteiger partial charge in [-0.3, -0.25) is 9.69 Å². The van der Waals surface area contributed by atoms with Gasteiger partial charge >= 0.3 is 5.97 Å². The van der Waals surface area contributed by atoms with Gasteiger partial charge in [-0.2, -0.15) is 0 Å². The van der Waals surface area contributed by atoms with Crippen LogP contribution < -0.4 is 0 Å². The molecular weight excluding hydrogens is 214 g/mol. The number of aliphatic carboxylic acids is 1. The molecule has 1 heterocycles. The summed E-state index contributed by atoms with van der Waals surface area (Å²) >= 11 is 0. The Morgan fingerprint density at radius 3 is 2.71 bits per heavy atom. The standard InChI is InChI=1S/C14H19NO2/c1-11(12-7-3-2-4-8-12)15-10-6-5-9-13(15)14(16)17/h2-4,7-8,11,13H,5-6,9-10H2,1H3,(H,16,17). The minimum atomic E-state index is -0.688. The molecular formula is C14H19NO2. The van der Waals surface area contributed by atoms with Crippen molar-refractivity contribution >= 4 is 5.97 Å². The molecule has 2 atom stereocenters. The van der Waals surface area contributed by atoms with Crippen molar-refractivity contribution < 1.29 is 9.90 Å². The first-order valence-electron chi connectivity index (χ1n) is 6.23. The second-order valence-corrected chi connectivity index (χ2v) is 4.67. The van der Waals surface area contributed by atoms with Gasteiger partial charge < -0.3 is 5.11 Å². The first-order chi connectivity index (χ1) is 8.20. The second-order valence-electron chi connectivity index (χ2n) is 4.67. The predicted octanol–water partition coefficient (Wildman–Crippen LogP) is 2.69. The van der Waals surface area contributed by atoms with Crippen molar-refractivity contribution in [3.05, 3.63) is 35.9 Å². The number of rotatable bonds is 3. The highest BCUT2D eigenvalue weighted by Crippen LogP contribution is 2.28. The van der Waals surface area contributed by atoms with E-state index in [4.69, 9.17) is 0 Å². The molecule has 2 unspecified atom stereocenters. The third-order valence-corrected chi connectivity index (χ3v) is 3.61. The van der Waals surface area contributed by atoms with E-state index < -0.39 is 5.97 Å². The third-order valence-electron chi connectivity index (χ3n) is 3.61. The summed E-state index contributed by atoms with van der Waals surface area (Å²) in [6.07, 6.45) is 2.89. The first kappa shape index (κ1) is 12.1. The van der Waals surface area contributed by atoms with E-state index in [1.165, 1.54) is 5.56 Å². The van der Waals surface area contributed by atoms with Crippen LogP contribution in [0.2, 0.25) is 0 Å². The molecule has 0 radical (unpaired) electrons. The van der Waals surface area contributed by atoms with E-state index >= 15 is 0 Å². The fourth-order valence-corrected chi connectivity index (χ4v) is 2.61. The molecule has 92 valence electrons. The van der Waals surface area contributed by atoms with Gasteiger partial charge in [0.1, 0.15) is 6.04 Å². The van der Waals surface area contributed by atoms with Crippen molar-refractivity contribution in [3.63, 3.8) is 0 Å². The van der Waals surface area contributed by atoms with Crippen molar-refractivity contribution in [2.75, 3.05) is 6.54 Å². The summed E-state index contributed by atoms with van der Waals surface area (Å²) in [5.41, 5.74) is 1.20. The van der Waals surface area contributed by atoms with Gasteiger partial charge in [0.2, 0.25) is 0 Å². The molecule has 1 saturated heterocycles. The fourth-order valence-electron chi connectivity index (χ4n) is 2.61. The number of piperidine rings is 1. The Morgan fingerprint density at radius 1 is 1.35 bits per heavy atom. The Balaban J connectivity index is 2.16. The van der Waals surface area contributed by atoms with Gasteiger partial charge in [0.25, 0.3) is 0 Å². The number of benzene rings is 1. The van der Waals surface area contributed by atoms with Crippen molar-refractivity contribution in [2.45, 2.75) is 38.3 Å². The van der Waals surface area contributed by atoms with Crippen molar-refractivity contribution in [1.82, 2.24) is 4.90 Å². The predicted molar refractivity (Wildman–Crippen MR) is 66.8 cm³/mol. The van der Waals surface area contributed by atoms with Crippen LogP contribution in [-0.4, -0.2) is 28.6 Å². The van der Waals surface area contributed by atoms with Crippen LogP contribution in [0.1, 0.15) is 37.8 Å². The number of carboxylic acids is 1. The largest absolute Gasteiger partial charge is 0.480 e. The molecule has 1 aliphatic rings. The fraction of sp³-hybridized carbons (Fsp3) is 0.500. The van der Waals surface area contributed by atoms with Gasteiger partial charge in [0.15, 0.2) is 0 Å². The molecule has 0 bridgehead atoms. The van der Waals surface area contributed by atoms with Crippen molar-refractivity contribution in [2.24, 2.45) is 0 Å². The molecule has 1 aromatic rings. The summed E-state index contributed by atoms with van der Waals surface area (Å²) in [6, 6.07) is 9.99. The number of hydrogen-bond donors (Lipinski definition) is 1. The summed E-state index contributed by atoms with van der Waals surface area (Å²) in [5.74, 6) is -0.688. The van der Waals surface area contributed by atoms with E-state index in [0.717, 1.165) is 25.8 Å². The molecule has 1 N–H and O–H groups in total. The summed E-state index contributed by atoms with van der Waals surface area (Å²) in [5, 5.41) is 9.26. The Hall–Kier alpha value is -1.35. The van der Waals surface area contributed by atoms with Gasteiger partial charge in [-0.15, -0.1) is 0 Å². The van der Waals surface area contributed by atoms with E-state index in [0.29, 0.717) is 0 Å². The quantitative estimate of drug-likeness (QED) is 0.872. The second kappa shape index (κ2) is 5.32. The average Bonchev–Trinajstić information content (AvgIpc) is 2.39. The number of hydrogen-bond acceptors (Lipinski definition) is 2. The minimum absolute atomic E-state index is 0.178. The van der Waals surface area contributed by atoms with Crippen LogP contribution in [-0.2, 0) is 4.79 Å². The van der Waals surface area contributed by atoms with Gasteiger partial charge in [-0.05, 0) is 31.9 Å². The van der Waals surface area contributed by atoms with Crippen molar-refractivity contribution in [1.29, 1.82) is 0 Å². The normalized spacial score (nSPS) is 23.2. The van der Waals surface area contributed by atoms with Gasteiger partial charge in [-0.25, -0.2) is 0 Å². The summed E-state index contributed by atoms with van der Waals surface area (Å²) in [6.45, 7) is 2.98. The highest BCUT2D eigenvalue weighted by atomic mass is 16.4. The lowest BCUT2D eigenvalue weighted by Gasteiger charge is -2.37. The number of nitrogens with zero attached hydrogens (tertiary/aromatic N) is 1. The molecule has 2 rings (SSSR count). The van der Waals surface area contributed by atoms with E-state index in [2.05, 4.69) is 24.0 Å². The number of likely N-dealkylation sites (tertiary alicyclic amines) is 1. The van der Waals surface area contributed by atoms with Gasteiger partial charge in [0, 0.05) is 6.04 Å². The molecule has 3 nitrogen and oxygen atoms in total. The van der Waals surface area contributed by atoms with Crippen LogP contribution in [0, 0.1) is 0 Å². The molecule has 0 amide bonds. The van der Waals surface area contributed by atoms with Crippen LogP contribution in [0.25, 0.3) is 0 Å². The molecule has 17 heavy (non-hydrogen) atoms. The van der Waals surface area contributed by atoms with Crippen LogP contribution in [0.15, 0.2) is 30.3 Å². The Labute approximate surface area is 102 Å². The third kappa shape index (κ3) is 2.67. The molecule has 0 aliphatic carbocycles. The van der Waals surface area contributed by atoms with Gasteiger partial charge in [0.05, 0.1) is 0 Å². The smallest absolute Gasteiger partial charge is 0.320 e. The van der Waals surface area contributed by atoms with Crippen LogP contribution in [0.5, 0.6) is 0 Å². The zero-order valence-corrected chi connectivity index (χ0v) is 10.2. The maximum Gasteiger partial charge on any atom is 0.320 e. The monoisotopic (exact) mass is 233 g/mol. The lowest BCUT2D eigenvalue weighted by atomic mass is 9.97. The molecule has 1 fully saturated rings. The molecule has 0 aromatic heterocycles. The van der Waals surface area contributed by atoms with Crippen molar-refractivity contribution in [3.8, 4) is 0 Å². The van der Waals surface area contributed by atoms with Crippen LogP contribution >= 0.6 is 0 Å². The topological polar surface area (TPSA) is 40.5 Å². The lowest BCUT2D eigenvalue weighted by Crippen LogP contribution is -2.45. The summed E-state index contributed by atoms with van der Waals surface area (Å²) in [7, 11) is 0. The molecule has 3 heteroatoms. The van der Waals surface area contributed by atoms with E-state index in [1.807, 2.05) is 18.2 Å². The SMILES string of the molecule is CC(c1ccccc1)N1CCCCC1C(=O)O. The Bertz CT molecular complexity index is 377. The summed E-state index contributed by atoms with van der Waals surface area (Å²) < 4.78 is 0. The maximum absolute atomic E-state index is 11.3. The van der Waals surface area contributed by atoms with Crippen LogP contribution in [0.3, 0.4) is 0 Å².